The Morgan fingerprint density at radius 2 is 1.52 bits per heavy atom. The molecule has 152 valence electrons. The molecule has 0 aliphatic heterocycles. The molecular formula is C24H27BrN2O2. The number of hydrogen-bond donors (Lipinski definition) is 1. The molecular weight excluding hydrogens is 428 g/mol. The van der Waals surface area contributed by atoms with Gasteiger partial charge in [-0.2, -0.15) is 0 Å². The van der Waals surface area contributed by atoms with Gasteiger partial charge in [0.2, 0.25) is 0 Å². The van der Waals surface area contributed by atoms with E-state index in [9.17, 15) is 0 Å². The van der Waals surface area contributed by atoms with Gasteiger partial charge in [0.1, 0.15) is 6.61 Å². The van der Waals surface area contributed by atoms with Gasteiger partial charge >= 0.3 is 0 Å². The first-order chi connectivity index (χ1) is 14.2. The average Bonchev–Trinajstić information content (AvgIpc) is 2.75. The molecule has 5 heteroatoms. The van der Waals surface area contributed by atoms with Gasteiger partial charge < -0.3 is 15.2 Å². The zero-order valence-corrected chi connectivity index (χ0v) is 18.3. The highest BCUT2D eigenvalue weighted by atomic mass is 79.9. The summed E-state index contributed by atoms with van der Waals surface area (Å²) in [7, 11) is 1.67. The first kappa shape index (κ1) is 21.4. The van der Waals surface area contributed by atoms with Crippen LogP contribution in [0.25, 0.3) is 0 Å². The average molecular weight is 455 g/mol. The number of benzene rings is 3. The molecule has 4 nitrogen and oxygen atoms in total. The molecule has 0 heterocycles. The molecule has 0 aliphatic carbocycles. The molecule has 3 rings (SSSR count). The lowest BCUT2D eigenvalue weighted by Crippen LogP contribution is -2.28. The van der Waals surface area contributed by atoms with E-state index in [4.69, 9.17) is 15.2 Å². The molecule has 0 bridgehead atoms. The van der Waals surface area contributed by atoms with Gasteiger partial charge in [-0.25, -0.2) is 0 Å². The van der Waals surface area contributed by atoms with E-state index in [2.05, 4.69) is 51.2 Å². The monoisotopic (exact) mass is 454 g/mol. The van der Waals surface area contributed by atoms with Crippen molar-refractivity contribution in [2.45, 2.75) is 19.7 Å². The molecule has 0 fully saturated rings. The number of nitrogens with zero attached hydrogens (tertiary/aromatic N) is 1. The molecule has 29 heavy (non-hydrogen) atoms. The lowest BCUT2D eigenvalue weighted by molar-refractivity contribution is 0.262. The van der Waals surface area contributed by atoms with Crippen molar-refractivity contribution in [1.82, 2.24) is 4.90 Å². The van der Waals surface area contributed by atoms with Crippen molar-refractivity contribution in [3.63, 3.8) is 0 Å². The maximum absolute atomic E-state index is 5.97. The van der Waals surface area contributed by atoms with Crippen molar-refractivity contribution in [3.8, 4) is 11.5 Å². The minimum absolute atomic E-state index is 0.513. The quantitative estimate of drug-likeness (QED) is 0.468. The van der Waals surface area contributed by atoms with Crippen LogP contribution in [0.2, 0.25) is 0 Å². The summed E-state index contributed by atoms with van der Waals surface area (Å²) in [6.45, 7) is 3.59. The van der Waals surface area contributed by atoms with Gasteiger partial charge in [-0.15, -0.1) is 0 Å². The molecule has 0 unspecified atom stereocenters. The molecule has 0 aliphatic rings. The standard InChI is InChI=1S/C24H27BrN2O2/c1-28-24-15-21(9-12-23(24)29-18-20-5-3-2-4-6-20)17-27(14-13-26)16-19-7-10-22(25)11-8-19/h2-12,15H,13-14,16-18,26H2,1H3. The van der Waals surface area contributed by atoms with Crippen molar-refractivity contribution in [2.24, 2.45) is 5.73 Å². The summed E-state index contributed by atoms with van der Waals surface area (Å²) in [4.78, 5) is 2.34. The van der Waals surface area contributed by atoms with Crippen molar-refractivity contribution in [3.05, 3.63) is 94.0 Å². The van der Waals surface area contributed by atoms with E-state index in [1.165, 1.54) is 11.1 Å². The molecule has 3 aromatic rings. The van der Waals surface area contributed by atoms with Crippen LogP contribution in [-0.2, 0) is 19.7 Å². The predicted molar refractivity (Wildman–Crippen MR) is 121 cm³/mol. The summed E-state index contributed by atoms with van der Waals surface area (Å²) < 4.78 is 12.6. The Hall–Kier alpha value is -2.34. The lowest BCUT2D eigenvalue weighted by Gasteiger charge is -2.22. The topological polar surface area (TPSA) is 47.7 Å². The van der Waals surface area contributed by atoms with E-state index in [0.29, 0.717) is 13.2 Å². The van der Waals surface area contributed by atoms with Crippen LogP contribution in [0.5, 0.6) is 11.5 Å². The Morgan fingerprint density at radius 3 is 2.21 bits per heavy atom. The minimum atomic E-state index is 0.513. The number of ether oxygens (including phenoxy) is 2. The van der Waals surface area contributed by atoms with Crippen LogP contribution >= 0.6 is 15.9 Å². The molecule has 0 radical (unpaired) electrons. The fourth-order valence-electron chi connectivity index (χ4n) is 3.17. The first-order valence-corrected chi connectivity index (χ1v) is 10.5. The van der Waals surface area contributed by atoms with E-state index in [1.807, 2.05) is 42.5 Å². The zero-order chi connectivity index (χ0) is 20.5. The first-order valence-electron chi connectivity index (χ1n) is 9.68. The van der Waals surface area contributed by atoms with Crippen LogP contribution in [-0.4, -0.2) is 25.1 Å². The van der Waals surface area contributed by atoms with Crippen LogP contribution in [0.3, 0.4) is 0 Å². The van der Waals surface area contributed by atoms with Gasteiger partial charge in [0.05, 0.1) is 7.11 Å². The van der Waals surface area contributed by atoms with Crippen LogP contribution in [0, 0.1) is 0 Å². The van der Waals surface area contributed by atoms with Crippen LogP contribution in [0.4, 0.5) is 0 Å². The number of halogens is 1. The second-order valence-electron chi connectivity index (χ2n) is 6.89. The van der Waals surface area contributed by atoms with Gasteiger partial charge in [0, 0.05) is 30.7 Å². The maximum atomic E-state index is 5.97. The molecule has 0 aromatic heterocycles. The highest BCUT2D eigenvalue weighted by Crippen LogP contribution is 2.29. The molecule has 0 saturated heterocycles. The van der Waals surface area contributed by atoms with E-state index in [-0.39, 0.29) is 0 Å². The number of nitrogens with two attached hydrogens (primary N) is 1. The summed E-state index contributed by atoms with van der Waals surface area (Å²) in [5, 5.41) is 0. The summed E-state index contributed by atoms with van der Waals surface area (Å²) in [6, 6.07) is 24.6. The number of hydrogen-bond acceptors (Lipinski definition) is 4. The Morgan fingerprint density at radius 1 is 0.828 bits per heavy atom. The smallest absolute Gasteiger partial charge is 0.161 e. The third-order valence-corrected chi connectivity index (χ3v) is 5.16. The summed E-state index contributed by atoms with van der Waals surface area (Å²) >= 11 is 3.49. The largest absolute Gasteiger partial charge is 0.493 e. The highest BCUT2D eigenvalue weighted by molar-refractivity contribution is 9.10. The molecule has 0 amide bonds. The molecule has 0 saturated carbocycles. The Balaban J connectivity index is 1.67. The second kappa shape index (κ2) is 11.0. The minimum Gasteiger partial charge on any atom is -0.493 e. The predicted octanol–water partition coefficient (Wildman–Crippen LogP) is 5.00. The Kier molecular flexibility index (Phi) is 8.11. The fraction of sp³-hybridized carbons (Fsp3) is 0.250. The van der Waals surface area contributed by atoms with Crippen LogP contribution in [0.1, 0.15) is 16.7 Å². The maximum Gasteiger partial charge on any atom is 0.161 e. The molecule has 0 spiro atoms. The normalized spacial score (nSPS) is 10.9. The summed E-state index contributed by atoms with van der Waals surface area (Å²) in [5.41, 5.74) is 9.40. The second-order valence-corrected chi connectivity index (χ2v) is 7.80. The van der Waals surface area contributed by atoms with E-state index < -0.39 is 0 Å². The Labute approximate surface area is 181 Å². The summed E-state index contributed by atoms with van der Waals surface area (Å²) in [6.07, 6.45) is 0. The van der Waals surface area contributed by atoms with E-state index >= 15 is 0 Å². The van der Waals surface area contributed by atoms with Crippen LogP contribution in [0.15, 0.2) is 77.3 Å². The fourth-order valence-corrected chi connectivity index (χ4v) is 3.43. The van der Waals surface area contributed by atoms with Gasteiger partial charge in [0.25, 0.3) is 0 Å². The van der Waals surface area contributed by atoms with Gasteiger partial charge in [-0.3, -0.25) is 4.90 Å². The zero-order valence-electron chi connectivity index (χ0n) is 16.7. The van der Waals surface area contributed by atoms with Gasteiger partial charge in [0.15, 0.2) is 11.5 Å². The van der Waals surface area contributed by atoms with Crippen molar-refractivity contribution in [2.75, 3.05) is 20.2 Å². The molecule has 2 N–H and O–H groups in total. The van der Waals surface area contributed by atoms with Crippen molar-refractivity contribution in [1.29, 1.82) is 0 Å². The summed E-state index contributed by atoms with van der Waals surface area (Å²) in [5.74, 6) is 1.49. The third kappa shape index (κ3) is 6.60. The number of methoxy groups -OCH3 is 1. The van der Waals surface area contributed by atoms with E-state index in [1.54, 1.807) is 7.11 Å². The van der Waals surface area contributed by atoms with Crippen molar-refractivity contribution >= 4 is 15.9 Å². The van der Waals surface area contributed by atoms with Crippen LogP contribution < -0.4 is 15.2 Å². The van der Waals surface area contributed by atoms with Gasteiger partial charge in [-0.05, 0) is 41.0 Å². The third-order valence-electron chi connectivity index (χ3n) is 4.64. The van der Waals surface area contributed by atoms with Gasteiger partial charge in [-0.1, -0.05) is 64.5 Å². The lowest BCUT2D eigenvalue weighted by atomic mass is 10.1. The Bertz CT molecular complexity index is 885. The van der Waals surface area contributed by atoms with Crippen molar-refractivity contribution < 1.29 is 9.47 Å². The number of rotatable bonds is 10. The SMILES string of the molecule is COc1cc(CN(CCN)Cc2ccc(Br)cc2)ccc1OCc1ccccc1. The molecule has 3 aromatic carbocycles. The van der Waals surface area contributed by atoms with E-state index in [0.717, 1.165) is 41.2 Å². The highest BCUT2D eigenvalue weighted by Gasteiger charge is 2.11. The molecule has 0 atom stereocenters.